The van der Waals surface area contributed by atoms with Gasteiger partial charge in [0.1, 0.15) is 29.6 Å². The normalized spacial score (nSPS) is 25.7. The number of aryl methyl sites for hydroxylation is 1. The lowest BCUT2D eigenvalue weighted by atomic mass is 9.71. The molecule has 7 aliphatic heterocycles. The Bertz CT molecular complexity index is 2690. The van der Waals surface area contributed by atoms with Gasteiger partial charge >= 0.3 is 24.2 Å². The van der Waals surface area contributed by atoms with Crippen molar-refractivity contribution in [3.8, 4) is 46.3 Å². The van der Waals surface area contributed by atoms with Gasteiger partial charge in [0.25, 0.3) is 0 Å². The molecular formula is C49H56N4O14S. The molecule has 0 saturated carbocycles. The third-order valence-corrected chi connectivity index (χ3v) is 14.8. The molecule has 3 aromatic rings. The van der Waals surface area contributed by atoms with E-state index in [1.807, 2.05) is 17.9 Å². The number of ether oxygens (including phenoxy) is 9. The van der Waals surface area contributed by atoms with Crippen molar-refractivity contribution in [3.63, 3.8) is 0 Å². The van der Waals surface area contributed by atoms with Crippen molar-refractivity contribution in [1.29, 1.82) is 5.26 Å². The first-order valence-electron chi connectivity index (χ1n) is 22.5. The van der Waals surface area contributed by atoms with Crippen molar-refractivity contribution >= 4 is 35.9 Å². The first kappa shape index (κ1) is 47.0. The fourth-order valence-electron chi connectivity index (χ4n) is 10.9. The molecule has 0 radical (unpaired) electrons. The summed E-state index contributed by atoms with van der Waals surface area (Å²) in [7, 11) is 2.89. The van der Waals surface area contributed by atoms with Crippen LogP contribution < -0.4 is 33.7 Å². The number of hydrogen-bond acceptors (Lipinski definition) is 18. The molecule has 7 aliphatic rings. The number of rotatable bonds is 4. The summed E-state index contributed by atoms with van der Waals surface area (Å²) in [5.74, 6) is -0.0543. The minimum absolute atomic E-state index is 0.0315. The molecule has 4 bridgehead atoms. The number of nitrogens with zero attached hydrogens (tertiary/aromatic N) is 3. The fraction of sp³-hybridized carbons (Fsp3) is 0.531. The lowest BCUT2D eigenvalue weighted by Crippen LogP contribution is -2.71. The van der Waals surface area contributed by atoms with Crippen LogP contribution in [0.2, 0.25) is 0 Å². The van der Waals surface area contributed by atoms with E-state index >= 15 is 4.79 Å². The Morgan fingerprint density at radius 1 is 0.912 bits per heavy atom. The van der Waals surface area contributed by atoms with Crippen LogP contribution in [0.4, 0.5) is 9.59 Å². The SMILES string of the molecule is COc1cc2c(cc1OC(=O)OC(C)(C)C)CCN[C@]21CS[C@@H]2c3c(OC(C)=O)c(C)c4c(c3[C@H](COC1=O)N1C2[C@@H]2c3c(cc(C)c(OC)c3O)C[C@@H]([C@@H]1C#N)N2C(=O)OC(C)(C)C)OCO4. The van der Waals surface area contributed by atoms with Crippen LogP contribution in [0.1, 0.15) is 110 Å². The number of amides is 1. The topological polar surface area (TPSA) is 214 Å². The molecule has 7 atom stereocenters. The number of methoxy groups -OCH3 is 2. The first-order chi connectivity index (χ1) is 32.1. The number of phenols is 1. The molecule has 1 amide bonds. The molecule has 68 heavy (non-hydrogen) atoms. The monoisotopic (exact) mass is 956 g/mol. The van der Waals surface area contributed by atoms with Gasteiger partial charge in [-0.2, -0.15) is 5.26 Å². The minimum atomic E-state index is -1.56. The van der Waals surface area contributed by atoms with E-state index in [4.69, 9.17) is 42.6 Å². The molecule has 2 N–H and O–H groups in total. The van der Waals surface area contributed by atoms with Crippen LogP contribution in [0, 0.1) is 25.2 Å². The predicted octanol–water partition coefficient (Wildman–Crippen LogP) is 6.90. The molecule has 19 heteroatoms. The summed E-state index contributed by atoms with van der Waals surface area (Å²) in [5.41, 5.74) is 1.16. The van der Waals surface area contributed by atoms with E-state index in [2.05, 4.69) is 11.4 Å². The highest BCUT2D eigenvalue weighted by Crippen LogP contribution is 2.65. The smallest absolute Gasteiger partial charge is 0.504 e. The molecule has 2 saturated heterocycles. The zero-order chi connectivity index (χ0) is 48.9. The minimum Gasteiger partial charge on any atom is -0.504 e. The number of hydrogen-bond donors (Lipinski definition) is 2. The van der Waals surface area contributed by atoms with E-state index in [-0.39, 0.29) is 54.3 Å². The van der Waals surface area contributed by atoms with Crippen molar-refractivity contribution in [2.75, 3.05) is 39.9 Å². The van der Waals surface area contributed by atoms with Crippen LogP contribution in [-0.2, 0) is 42.2 Å². The van der Waals surface area contributed by atoms with Gasteiger partial charge in [0, 0.05) is 41.5 Å². The molecule has 10 rings (SSSR count). The van der Waals surface area contributed by atoms with E-state index in [9.17, 15) is 24.8 Å². The number of aromatic hydroxyl groups is 1. The molecule has 3 aromatic carbocycles. The Labute approximate surface area is 398 Å². The molecule has 1 unspecified atom stereocenters. The van der Waals surface area contributed by atoms with Crippen molar-refractivity contribution in [1.82, 2.24) is 15.1 Å². The van der Waals surface area contributed by atoms with Gasteiger partial charge in [0.05, 0.1) is 49.7 Å². The van der Waals surface area contributed by atoms with E-state index < -0.39 is 76.4 Å². The average Bonchev–Trinajstić information content (AvgIpc) is 3.74. The molecule has 18 nitrogen and oxygen atoms in total. The van der Waals surface area contributed by atoms with Crippen LogP contribution in [0.3, 0.4) is 0 Å². The van der Waals surface area contributed by atoms with Gasteiger partial charge in [-0.1, -0.05) is 6.07 Å². The molecule has 1 spiro atoms. The van der Waals surface area contributed by atoms with Gasteiger partial charge in [0.2, 0.25) is 6.79 Å². The highest BCUT2D eigenvalue weighted by Gasteiger charge is 2.64. The average molecular weight is 957 g/mol. The van der Waals surface area contributed by atoms with Crippen molar-refractivity contribution in [2.45, 2.75) is 127 Å². The van der Waals surface area contributed by atoms with Crippen LogP contribution in [-0.4, -0.2) is 108 Å². The highest BCUT2D eigenvalue weighted by atomic mass is 32.2. The zero-order valence-electron chi connectivity index (χ0n) is 39.9. The predicted molar refractivity (Wildman–Crippen MR) is 243 cm³/mol. The van der Waals surface area contributed by atoms with E-state index in [1.54, 1.807) is 65.5 Å². The number of nitrogens with one attached hydrogen (secondary N) is 1. The largest absolute Gasteiger partial charge is 0.514 e. The summed E-state index contributed by atoms with van der Waals surface area (Å²) < 4.78 is 53.9. The number of carbonyl (C=O) groups excluding carboxylic acids is 4. The second kappa shape index (κ2) is 16.8. The summed E-state index contributed by atoms with van der Waals surface area (Å²) >= 11 is 1.33. The van der Waals surface area contributed by atoms with Crippen LogP contribution >= 0.6 is 11.8 Å². The quantitative estimate of drug-likeness (QED) is 0.118. The lowest BCUT2D eigenvalue weighted by molar-refractivity contribution is -0.157. The third-order valence-electron chi connectivity index (χ3n) is 13.3. The van der Waals surface area contributed by atoms with Crippen molar-refractivity contribution in [3.05, 3.63) is 62.7 Å². The summed E-state index contributed by atoms with van der Waals surface area (Å²) in [6.45, 7) is 15.2. The standard InChI is InChI=1S/C49H56N4O14S/c1-22-14-26-15-28-29(18-50)52-30-19-61-44(56)49(27-17-31(59-10)32(16-25(27)12-13-51-49)65-46(58)67-48(7,8)9)20-68-43(35-34(30)42-41(62-21-63-42)23(2)40(35)64-24(3)54)37(52)36(33(26)38(55)39(22)60-11)53(28)45(57)66-47(4,5)6/h14,16-17,28-30,36-37,43,51,55H,12-13,15,19-21H2,1-11H3/t28-,29-,30-,36-,37?,43+,49+/m0/s1. The fourth-order valence-corrected chi connectivity index (χ4v) is 12.6. The molecule has 0 aromatic heterocycles. The molecule has 2 fully saturated rings. The van der Waals surface area contributed by atoms with Gasteiger partial charge in [-0.05, 0) is 103 Å². The van der Waals surface area contributed by atoms with Crippen molar-refractivity contribution < 1.29 is 66.9 Å². The number of benzene rings is 3. The van der Waals surface area contributed by atoms with E-state index in [0.717, 1.165) is 5.56 Å². The summed E-state index contributed by atoms with van der Waals surface area (Å²) in [6, 6.07) is 3.02. The van der Waals surface area contributed by atoms with E-state index in [1.165, 1.54) is 32.9 Å². The number of phenolic OH excluding ortho intramolecular Hbond substituents is 1. The maximum Gasteiger partial charge on any atom is 0.514 e. The van der Waals surface area contributed by atoms with Gasteiger partial charge in [-0.3, -0.25) is 19.9 Å². The van der Waals surface area contributed by atoms with Crippen molar-refractivity contribution in [2.24, 2.45) is 0 Å². The molecule has 0 aliphatic carbocycles. The molecular weight excluding hydrogens is 901 g/mol. The molecule has 7 heterocycles. The van der Waals surface area contributed by atoms with Crippen LogP contribution in [0.15, 0.2) is 18.2 Å². The second-order valence-electron chi connectivity index (χ2n) is 19.9. The second-order valence-corrected chi connectivity index (χ2v) is 21.0. The summed E-state index contributed by atoms with van der Waals surface area (Å²) in [6.07, 6.45) is -1.03. The number of fused-ring (bicyclic) bond motifs is 9. The van der Waals surface area contributed by atoms with Gasteiger partial charge < -0.3 is 47.7 Å². The Morgan fingerprint density at radius 2 is 1.63 bits per heavy atom. The highest BCUT2D eigenvalue weighted by molar-refractivity contribution is 7.99. The Morgan fingerprint density at radius 3 is 2.29 bits per heavy atom. The number of esters is 2. The number of thioether (sulfide) groups is 1. The van der Waals surface area contributed by atoms with Crippen LogP contribution in [0.25, 0.3) is 0 Å². The first-order valence-corrected chi connectivity index (χ1v) is 23.6. The maximum atomic E-state index is 15.2. The third kappa shape index (κ3) is 7.55. The lowest BCUT2D eigenvalue weighted by Gasteiger charge is -2.62. The number of piperazine rings is 1. The summed E-state index contributed by atoms with van der Waals surface area (Å²) in [5, 5.41) is 26.5. The Kier molecular flexibility index (Phi) is 11.6. The maximum absolute atomic E-state index is 15.2. The van der Waals surface area contributed by atoms with Gasteiger partial charge in [0.15, 0.2) is 40.0 Å². The Balaban J connectivity index is 1.30. The van der Waals surface area contributed by atoms with Crippen LogP contribution in [0.5, 0.6) is 40.2 Å². The van der Waals surface area contributed by atoms with Gasteiger partial charge in [-0.15, -0.1) is 11.8 Å². The number of nitriles is 1. The number of carbonyl (C=O) groups is 4. The Hall–Kier alpha value is -6.10. The van der Waals surface area contributed by atoms with E-state index in [0.29, 0.717) is 63.4 Å². The molecule has 362 valence electrons. The van der Waals surface area contributed by atoms with Gasteiger partial charge in [-0.25, -0.2) is 14.4 Å². The summed E-state index contributed by atoms with van der Waals surface area (Å²) in [4.78, 5) is 59.8. The zero-order valence-corrected chi connectivity index (χ0v) is 40.8.